The number of benzene rings is 1. The van der Waals surface area contributed by atoms with Crippen LogP contribution >= 0.6 is 12.2 Å². The number of carbonyl (C=O) groups is 1. The van der Waals surface area contributed by atoms with Crippen molar-refractivity contribution in [1.82, 2.24) is 20.9 Å². The molecule has 1 aliphatic carbocycles. The Kier molecular flexibility index (Phi) is 8.25. The summed E-state index contributed by atoms with van der Waals surface area (Å²) in [7, 11) is 4.24. The lowest BCUT2D eigenvalue weighted by Crippen LogP contribution is -2.59. The number of hydrogen-bond donors (Lipinski definition) is 3. The van der Waals surface area contributed by atoms with Crippen LogP contribution in [0.15, 0.2) is 30.3 Å². The molecule has 1 aromatic rings. The molecule has 2 rings (SSSR count). The Labute approximate surface area is 175 Å². The van der Waals surface area contributed by atoms with Gasteiger partial charge in [-0.3, -0.25) is 4.79 Å². The van der Waals surface area contributed by atoms with Crippen molar-refractivity contribution in [2.75, 3.05) is 14.1 Å². The Bertz CT molecular complexity index is 642. The zero-order valence-corrected chi connectivity index (χ0v) is 18.7. The van der Waals surface area contributed by atoms with Crippen molar-refractivity contribution in [3.63, 3.8) is 0 Å². The smallest absolute Gasteiger partial charge is 0.243 e. The highest BCUT2D eigenvalue weighted by Gasteiger charge is 2.33. The summed E-state index contributed by atoms with van der Waals surface area (Å²) in [6.45, 7) is 6.68. The first-order valence-electron chi connectivity index (χ1n) is 10.2. The molecule has 1 fully saturated rings. The molecule has 156 valence electrons. The second kappa shape index (κ2) is 10.2. The third kappa shape index (κ3) is 6.74. The number of nitrogens with zero attached hydrogens (tertiary/aromatic N) is 1. The molecule has 6 heteroatoms. The van der Waals surface area contributed by atoms with E-state index in [1.54, 1.807) is 0 Å². The maximum Gasteiger partial charge on any atom is 0.243 e. The van der Waals surface area contributed by atoms with Crippen LogP contribution in [0.4, 0.5) is 0 Å². The molecule has 1 amide bonds. The van der Waals surface area contributed by atoms with Gasteiger partial charge < -0.3 is 20.9 Å². The van der Waals surface area contributed by atoms with E-state index in [9.17, 15) is 4.79 Å². The molecule has 0 spiro atoms. The molecule has 0 radical (unpaired) electrons. The molecule has 28 heavy (non-hydrogen) atoms. The van der Waals surface area contributed by atoms with Crippen LogP contribution in [0.1, 0.15) is 52.0 Å². The molecule has 0 saturated heterocycles. The summed E-state index contributed by atoms with van der Waals surface area (Å²) < 4.78 is 0. The van der Waals surface area contributed by atoms with Crippen LogP contribution in [0.2, 0.25) is 0 Å². The minimum Gasteiger partial charge on any atom is -0.358 e. The number of nitrogens with one attached hydrogen (secondary N) is 3. The second-order valence-electron chi connectivity index (χ2n) is 9.04. The summed E-state index contributed by atoms with van der Waals surface area (Å²) in [5, 5.41) is 10.4. The van der Waals surface area contributed by atoms with Crippen LogP contribution < -0.4 is 16.0 Å². The van der Waals surface area contributed by atoms with E-state index in [0.717, 1.165) is 12.0 Å². The number of hydrogen-bond acceptors (Lipinski definition) is 3. The fraction of sp³-hybridized carbons (Fsp3) is 0.636. The van der Waals surface area contributed by atoms with Crippen molar-refractivity contribution in [2.45, 2.75) is 71.1 Å². The van der Waals surface area contributed by atoms with Gasteiger partial charge in [0.15, 0.2) is 5.11 Å². The first-order valence-corrected chi connectivity index (χ1v) is 10.6. The summed E-state index contributed by atoms with van der Waals surface area (Å²) >= 11 is 5.60. The lowest BCUT2D eigenvalue weighted by molar-refractivity contribution is -0.125. The van der Waals surface area contributed by atoms with Crippen LogP contribution in [-0.4, -0.2) is 48.1 Å². The fourth-order valence-electron chi connectivity index (χ4n) is 3.80. The molecule has 0 aliphatic heterocycles. The van der Waals surface area contributed by atoms with E-state index >= 15 is 0 Å². The van der Waals surface area contributed by atoms with Crippen molar-refractivity contribution in [2.24, 2.45) is 5.41 Å². The molecule has 3 atom stereocenters. The summed E-state index contributed by atoms with van der Waals surface area (Å²) in [6, 6.07) is 10.3. The number of amides is 1. The Hall–Kier alpha value is -1.66. The van der Waals surface area contributed by atoms with Gasteiger partial charge in [-0.2, -0.15) is 0 Å². The van der Waals surface area contributed by atoms with Gasteiger partial charge in [0.1, 0.15) is 6.04 Å². The second-order valence-corrected chi connectivity index (χ2v) is 9.45. The molecular weight excluding hydrogens is 368 g/mol. The Morgan fingerprint density at radius 3 is 2.43 bits per heavy atom. The van der Waals surface area contributed by atoms with Gasteiger partial charge in [-0.25, -0.2) is 0 Å². The first kappa shape index (κ1) is 22.6. The number of carbonyl (C=O) groups excluding carboxylic acids is 1. The van der Waals surface area contributed by atoms with Gasteiger partial charge in [-0.15, -0.1) is 0 Å². The van der Waals surface area contributed by atoms with Gasteiger partial charge in [0.25, 0.3) is 0 Å². The van der Waals surface area contributed by atoms with Gasteiger partial charge in [0.05, 0.1) is 0 Å². The summed E-state index contributed by atoms with van der Waals surface area (Å²) in [4.78, 5) is 15.2. The van der Waals surface area contributed by atoms with Crippen molar-refractivity contribution in [3.05, 3.63) is 35.9 Å². The van der Waals surface area contributed by atoms with Crippen molar-refractivity contribution < 1.29 is 4.79 Å². The lowest BCUT2D eigenvalue weighted by Gasteiger charge is -2.38. The zero-order valence-electron chi connectivity index (χ0n) is 17.9. The van der Waals surface area contributed by atoms with Gasteiger partial charge in [0.2, 0.25) is 5.91 Å². The van der Waals surface area contributed by atoms with E-state index in [4.69, 9.17) is 12.2 Å². The molecule has 0 aromatic heterocycles. The summed E-state index contributed by atoms with van der Waals surface area (Å²) in [6.07, 6.45) is 4.75. The highest BCUT2D eigenvalue weighted by atomic mass is 32.1. The number of likely N-dealkylation sites (N-methyl/N-ethyl adjacent to an activating group) is 1. The number of rotatable bonds is 6. The van der Waals surface area contributed by atoms with Crippen LogP contribution in [0, 0.1) is 5.41 Å². The van der Waals surface area contributed by atoms with E-state index in [0.29, 0.717) is 23.7 Å². The minimum absolute atomic E-state index is 0.0340. The average molecular weight is 405 g/mol. The third-order valence-corrected chi connectivity index (χ3v) is 5.66. The van der Waals surface area contributed by atoms with E-state index in [-0.39, 0.29) is 11.3 Å². The Morgan fingerprint density at radius 2 is 1.82 bits per heavy atom. The topological polar surface area (TPSA) is 56.4 Å². The molecule has 0 unspecified atom stereocenters. The van der Waals surface area contributed by atoms with Gasteiger partial charge in [-0.1, -0.05) is 63.9 Å². The standard InChI is InChI=1S/C22H36N4OS/c1-22(2,3)19(20(27)23-15-16-11-7-6-8-12-16)25-21(28)24-17-13-9-10-14-18(17)26(4)5/h6-8,11-12,17-19H,9-10,13-15H2,1-5H3,(H,23,27)(H2,24,25,28)/t17-,18-,19-/m1/s1. The highest BCUT2D eigenvalue weighted by Crippen LogP contribution is 2.23. The Balaban J connectivity index is 1.96. The third-order valence-electron chi connectivity index (χ3n) is 5.42. The number of thiocarbonyl (C=S) groups is 1. The molecule has 5 nitrogen and oxygen atoms in total. The maximum atomic E-state index is 12.9. The van der Waals surface area contributed by atoms with Crippen LogP contribution in [0.3, 0.4) is 0 Å². The van der Waals surface area contributed by atoms with Gasteiger partial charge >= 0.3 is 0 Å². The van der Waals surface area contributed by atoms with Crippen LogP contribution in [0.25, 0.3) is 0 Å². The molecule has 0 heterocycles. The molecular formula is C22H36N4OS. The van der Waals surface area contributed by atoms with E-state index in [2.05, 4.69) is 55.7 Å². The molecule has 1 aliphatic rings. The van der Waals surface area contributed by atoms with Crippen LogP contribution in [0.5, 0.6) is 0 Å². The summed E-state index contributed by atoms with van der Waals surface area (Å²) in [5.74, 6) is -0.0340. The normalized spacial score (nSPS) is 21.1. The monoisotopic (exact) mass is 404 g/mol. The van der Waals surface area contributed by atoms with Crippen LogP contribution in [-0.2, 0) is 11.3 Å². The van der Waals surface area contributed by atoms with E-state index < -0.39 is 6.04 Å². The van der Waals surface area contributed by atoms with Gasteiger partial charge in [-0.05, 0) is 50.1 Å². The summed E-state index contributed by atoms with van der Waals surface area (Å²) in [5.41, 5.74) is 0.820. The van der Waals surface area contributed by atoms with Crippen molar-refractivity contribution in [3.8, 4) is 0 Å². The SMILES string of the molecule is CN(C)[C@@H]1CCCC[C@H]1NC(=S)N[C@H](C(=O)NCc1ccccc1)C(C)(C)C. The largest absolute Gasteiger partial charge is 0.358 e. The fourth-order valence-corrected chi connectivity index (χ4v) is 4.07. The lowest BCUT2D eigenvalue weighted by atomic mass is 9.86. The molecule has 1 aromatic carbocycles. The van der Waals surface area contributed by atoms with Crippen molar-refractivity contribution >= 4 is 23.2 Å². The first-order chi connectivity index (χ1) is 13.2. The predicted molar refractivity (Wildman–Crippen MR) is 120 cm³/mol. The molecule has 3 N–H and O–H groups in total. The highest BCUT2D eigenvalue weighted by molar-refractivity contribution is 7.80. The maximum absolute atomic E-state index is 12.9. The molecule has 1 saturated carbocycles. The zero-order chi connectivity index (χ0) is 20.7. The average Bonchev–Trinajstić information content (AvgIpc) is 2.64. The van der Waals surface area contributed by atoms with E-state index in [1.807, 2.05) is 30.3 Å². The quantitative estimate of drug-likeness (QED) is 0.636. The minimum atomic E-state index is -0.405. The van der Waals surface area contributed by atoms with E-state index in [1.165, 1.54) is 19.3 Å². The van der Waals surface area contributed by atoms with Crippen molar-refractivity contribution in [1.29, 1.82) is 0 Å². The molecule has 0 bridgehead atoms. The Morgan fingerprint density at radius 1 is 1.18 bits per heavy atom. The predicted octanol–water partition coefficient (Wildman–Crippen LogP) is 3.05. The van der Waals surface area contributed by atoms with Gasteiger partial charge in [0, 0.05) is 18.6 Å².